The molecule has 0 saturated heterocycles. The van der Waals surface area contributed by atoms with Crippen molar-refractivity contribution in [2.24, 2.45) is 7.05 Å². The zero-order valence-corrected chi connectivity index (χ0v) is 11.3. The Kier molecular flexibility index (Phi) is 4.17. The van der Waals surface area contributed by atoms with E-state index in [0.717, 1.165) is 17.1 Å². The first-order valence-electron chi connectivity index (χ1n) is 6.00. The van der Waals surface area contributed by atoms with Crippen molar-refractivity contribution in [2.45, 2.75) is 13.5 Å². The molecule has 0 aliphatic rings. The first-order chi connectivity index (χ1) is 9.24. The zero-order valence-electron chi connectivity index (χ0n) is 11.3. The van der Waals surface area contributed by atoms with Gasteiger partial charge in [0.05, 0.1) is 13.7 Å². The summed E-state index contributed by atoms with van der Waals surface area (Å²) in [5.74, 6) is 2.08. The molecule has 0 fully saturated rings. The molecule has 1 N–H and O–H groups in total. The molecule has 102 valence electrons. The van der Waals surface area contributed by atoms with Crippen molar-refractivity contribution in [1.29, 1.82) is 0 Å². The molecular weight excluding hydrogens is 246 g/mol. The van der Waals surface area contributed by atoms with E-state index < -0.39 is 0 Å². The van der Waals surface area contributed by atoms with Crippen LogP contribution in [0.3, 0.4) is 0 Å². The van der Waals surface area contributed by atoms with Crippen molar-refractivity contribution in [2.75, 3.05) is 19.0 Å². The number of nitrogens with one attached hydrogen (secondary N) is 1. The summed E-state index contributed by atoms with van der Waals surface area (Å²) in [4.78, 5) is 0. The minimum Gasteiger partial charge on any atom is -0.493 e. The SMILES string of the molecule is CCOc1cc(CNc2nnnn2C)ccc1OC. The molecule has 7 nitrogen and oxygen atoms in total. The Labute approximate surface area is 111 Å². The van der Waals surface area contributed by atoms with Crippen molar-refractivity contribution < 1.29 is 9.47 Å². The molecule has 1 aromatic heterocycles. The normalized spacial score (nSPS) is 10.3. The van der Waals surface area contributed by atoms with Gasteiger partial charge in [-0.3, -0.25) is 0 Å². The number of rotatable bonds is 6. The number of aryl methyl sites for hydroxylation is 1. The fourth-order valence-electron chi connectivity index (χ4n) is 1.66. The van der Waals surface area contributed by atoms with E-state index in [-0.39, 0.29) is 0 Å². The largest absolute Gasteiger partial charge is 0.493 e. The molecule has 1 heterocycles. The van der Waals surface area contributed by atoms with Gasteiger partial charge in [-0.05, 0) is 35.0 Å². The van der Waals surface area contributed by atoms with E-state index in [2.05, 4.69) is 20.8 Å². The Bertz CT molecular complexity index is 541. The molecule has 0 unspecified atom stereocenters. The summed E-state index contributed by atoms with van der Waals surface area (Å²) in [6, 6.07) is 5.80. The minimum absolute atomic E-state index is 0.598. The Balaban J connectivity index is 2.08. The maximum atomic E-state index is 5.53. The van der Waals surface area contributed by atoms with Gasteiger partial charge in [-0.1, -0.05) is 11.2 Å². The van der Waals surface area contributed by atoms with Crippen LogP contribution in [0.4, 0.5) is 5.95 Å². The number of hydrogen-bond donors (Lipinski definition) is 1. The highest BCUT2D eigenvalue weighted by Gasteiger charge is 2.06. The zero-order chi connectivity index (χ0) is 13.7. The summed E-state index contributed by atoms with van der Waals surface area (Å²) in [5.41, 5.74) is 1.06. The van der Waals surface area contributed by atoms with E-state index in [1.807, 2.05) is 25.1 Å². The number of tetrazole rings is 1. The molecular formula is C12H17N5O2. The predicted octanol–water partition coefficient (Wildman–Crippen LogP) is 1.23. The first kappa shape index (κ1) is 13.1. The van der Waals surface area contributed by atoms with Crippen LogP contribution >= 0.6 is 0 Å². The third-order valence-electron chi connectivity index (χ3n) is 2.60. The molecule has 1 aromatic carbocycles. The highest BCUT2D eigenvalue weighted by Crippen LogP contribution is 2.28. The van der Waals surface area contributed by atoms with Crippen LogP contribution in [0.1, 0.15) is 12.5 Å². The van der Waals surface area contributed by atoms with Crippen LogP contribution in [0.15, 0.2) is 18.2 Å². The lowest BCUT2D eigenvalue weighted by molar-refractivity contribution is 0.310. The summed E-state index contributed by atoms with van der Waals surface area (Å²) >= 11 is 0. The van der Waals surface area contributed by atoms with Crippen molar-refractivity contribution in [3.63, 3.8) is 0 Å². The maximum absolute atomic E-state index is 5.53. The molecule has 0 aliphatic carbocycles. The standard InChI is InChI=1S/C12H17N5O2/c1-4-19-11-7-9(5-6-10(11)18-3)8-13-12-14-15-16-17(12)2/h5-7H,4,8H2,1-3H3,(H,13,14,16). The van der Waals surface area contributed by atoms with Crippen molar-refractivity contribution in [1.82, 2.24) is 20.2 Å². The monoisotopic (exact) mass is 263 g/mol. The van der Waals surface area contributed by atoms with Crippen molar-refractivity contribution in [3.8, 4) is 11.5 Å². The van der Waals surface area contributed by atoms with E-state index in [4.69, 9.17) is 9.47 Å². The van der Waals surface area contributed by atoms with Gasteiger partial charge in [0.2, 0.25) is 5.95 Å². The lowest BCUT2D eigenvalue weighted by atomic mass is 10.2. The number of anilines is 1. The van der Waals surface area contributed by atoms with Crippen LogP contribution in [-0.4, -0.2) is 33.9 Å². The van der Waals surface area contributed by atoms with Crippen molar-refractivity contribution >= 4 is 5.95 Å². The van der Waals surface area contributed by atoms with E-state index in [0.29, 0.717) is 19.1 Å². The predicted molar refractivity (Wildman–Crippen MR) is 70.3 cm³/mol. The van der Waals surface area contributed by atoms with Crippen LogP contribution in [0.25, 0.3) is 0 Å². The molecule has 0 atom stereocenters. The van der Waals surface area contributed by atoms with Crippen LogP contribution in [0, 0.1) is 0 Å². The second-order valence-corrected chi connectivity index (χ2v) is 3.90. The number of benzene rings is 1. The molecule has 0 spiro atoms. The fourth-order valence-corrected chi connectivity index (χ4v) is 1.66. The average Bonchev–Trinajstić information content (AvgIpc) is 2.82. The Morgan fingerprint density at radius 1 is 1.32 bits per heavy atom. The van der Waals surface area contributed by atoms with Crippen LogP contribution < -0.4 is 14.8 Å². The van der Waals surface area contributed by atoms with E-state index in [9.17, 15) is 0 Å². The fraction of sp³-hybridized carbons (Fsp3) is 0.417. The Morgan fingerprint density at radius 2 is 2.16 bits per heavy atom. The van der Waals surface area contributed by atoms with Gasteiger partial charge in [0, 0.05) is 13.6 Å². The molecule has 2 rings (SSSR count). The summed E-state index contributed by atoms with van der Waals surface area (Å²) < 4.78 is 12.3. The summed E-state index contributed by atoms with van der Waals surface area (Å²) in [6.45, 7) is 3.15. The minimum atomic E-state index is 0.598. The molecule has 2 aromatic rings. The third kappa shape index (κ3) is 3.12. The average molecular weight is 263 g/mol. The maximum Gasteiger partial charge on any atom is 0.242 e. The van der Waals surface area contributed by atoms with Crippen LogP contribution in [0.2, 0.25) is 0 Å². The van der Waals surface area contributed by atoms with Gasteiger partial charge >= 0.3 is 0 Å². The highest BCUT2D eigenvalue weighted by atomic mass is 16.5. The van der Waals surface area contributed by atoms with Gasteiger partial charge in [0.25, 0.3) is 0 Å². The van der Waals surface area contributed by atoms with Gasteiger partial charge in [0.1, 0.15) is 0 Å². The van der Waals surface area contributed by atoms with E-state index >= 15 is 0 Å². The molecule has 0 aliphatic heterocycles. The number of hydrogen-bond acceptors (Lipinski definition) is 6. The van der Waals surface area contributed by atoms with E-state index in [1.165, 1.54) is 0 Å². The molecule has 0 bridgehead atoms. The number of ether oxygens (including phenoxy) is 2. The summed E-state index contributed by atoms with van der Waals surface area (Å²) in [5, 5.41) is 14.3. The van der Waals surface area contributed by atoms with Crippen LogP contribution in [-0.2, 0) is 13.6 Å². The molecule has 0 amide bonds. The highest BCUT2D eigenvalue weighted by molar-refractivity contribution is 5.43. The van der Waals surface area contributed by atoms with Crippen molar-refractivity contribution in [3.05, 3.63) is 23.8 Å². The first-order valence-corrected chi connectivity index (χ1v) is 6.00. The van der Waals surface area contributed by atoms with Crippen LogP contribution in [0.5, 0.6) is 11.5 Å². The second-order valence-electron chi connectivity index (χ2n) is 3.90. The van der Waals surface area contributed by atoms with Gasteiger partial charge < -0.3 is 14.8 Å². The number of aromatic nitrogens is 4. The molecule has 0 radical (unpaired) electrons. The lowest BCUT2D eigenvalue weighted by Gasteiger charge is -2.11. The third-order valence-corrected chi connectivity index (χ3v) is 2.60. The topological polar surface area (TPSA) is 74.1 Å². The summed E-state index contributed by atoms with van der Waals surface area (Å²) in [6.07, 6.45) is 0. The second kappa shape index (κ2) is 6.03. The lowest BCUT2D eigenvalue weighted by Crippen LogP contribution is -2.06. The Hall–Kier alpha value is -2.31. The smallest absolute Gasteiger partial charge is 0.242 e. The quantitative estimate of drug-likeness (QED) is 0.845. The molecule has 0 saturated carbocycles. The number of nitrogens with zero attached hydrogens (tertiary/aromatic N) is 4. The van der Waals surface area contributed by atoms with Gasteiger partial charge in [-0.25, -0.2) is 4.68 Å². The van der Waals surface area contributed by atoms with Gasteiger partial charge in [0.15, 0.2) is 11.5 Å². The van der Waals surface area contributed by atoms with E-state index in [1.54, 1.807) is 18.8 Å². The number of methoxy groups -OCH3 is 1. The van der Waals surface area contributed by atoms with Gasteiger partial charge in [-0.15, -0.1) is 0 Å². The Morgan fingerprint density at radius 3 is 2.79 bits per heavy atom. The molecule has 19 heavy (non-hydrogen) atoms. The van der Waals surface area contributed by atoms with Gasteiger partial charge in [-0.2, -0.15) is 0 Å². The molecule has 7 heteroatoms. The summed E-state index contributed by atoms with van der Waals surface area (Å²) in [7, 11) is 3.41.